The highest BCUT2D eigenvalue weighted by Gasteiger charge is 2.16. The van der Waals surface area contributed by atoms with Crippen LogP contribution in [0.2, 0.25) is 0 Å². The number of para-hydroxylation sites is 2. The van der Waals surface area contributed by atoms with Gasteiger partial charge in [0.25, 0.3) is 0 Å². The molecule has 0 saturated heterocycles. The molecule has 32 heavy (non-hydrogen) atoms. The highest BCUT2D eigenvalue weighted by atomic mass is 16.3. The number of pyridine rings is 1. The lowest BCUT2D eigenvalue weighted by molar-refractivity contribution is 0.476. The lowest BCUT2D eigenvalue weighted by atomic mass is 10.1. The molecule has 7 nitrogen and oxygen atoms in total. The number of hydrogen-bond donors (Lipinski definition) is 2. The maximum absolute atomic E-state index is 10.4. The molecule has 0 amide bonds. The number of nitrogens with zero attached hydrogens (tertiary/aromatic N) is 5. The van der Waals surface area contributed by atoms with E-state index in [0.29, 0.717) is 39.7 Å². The molecule has 0 atom stereocenters. The Kier molecular flexibility index (Phi) is 4.97. The van der Waals surface area contributed by atoms with Gasteiger partial charge in [-0.05, 0) is 48.5 Å². The van der Waals surface area contributed by atoms with Gasteiger partial charge in [0, 0.05) is 23.5 Å². The van der Waals surface area contributed by atoms with Crippen molar-refractivity contribution >= 4 is 0 Å². The van der Waals surface area contributed by atoms with Crippen LogP contribution >= 0.6 is 0 Å². The molecule has 7 heteroatoms. The van der Waals surface area contributed by atoms with Crippen LogP contribution in [0.5, 0.6) is 11.5 Å². The minimum absolute atomic E-state index is 0.105. The van der Waals surface area contributed by atoms with E-state index in [9.17, 15) is 10.2 Å². The van der Waals surface area contributed by atoms with Gasteiger partial charge in [0.15, 0.2) is 11.6 Å². The molecule has 2 N–H and O–H groups in total. The van der Waals surface area contributed by atoms with Crippen molar-refractivity contribution in [3.8, 4) is 57.1 Å². The molecule has 0 spiro atoms. The fourth-order valence-electron chi connectivity index (χ4n) is 3.33. The van der Waals surface area contributed by atoms with E-state index in [1.165, 1.54) is 0 Å². The number of aromatic nitrogens is 5. The molecule has 0 bridgehead atoms. The molecule has 0 saturated carbocycles. The smallest absolute Gasteiger partial charge is 0.198 e. The van der Waals surface area contributed by atoms with Crippen molar-refractivity contribution in [3.63, 3.8) is 0 Å². The summed E-state index contributed by atoms with van der Waals surface area (Å²) in [4.78, 5) is 22.6. The van der Waals surface area contributed by atoms with Crippen molar-refractivity contribution in [1.82, 2.24) is 24.9 Å². The van der Waals surface area contributed by atoms with Crippen LogP contribution < -0.4 is 0 Å². The van der Waals surface area contributed by atoms with Crippen LogP contribution in [-0.2, 0) is 0 Å². The quantitative estimate of drug-likeness (QED) is 0.433. The van der Waals surface area contributed by atoms with Gasteiger partial charge >= 0.3 is 0 Å². The standard InChI is InChI=1S/C25H17N5O2/c31-22-10-3-1-7-16(22)18-12-14-27-24(28-18)25-29-20(17-8-2-4-11-23(17)32)15-21(30-25)19-9-5-6-13-26-19/h1-15,31-32H. The van der Waals surface area contributed by atoms with E-state index in [2.05, 4.69) is 24.9 Å². The van der Waals surface area contributed by atoms with Crippen LogP contribution in [0.25, 0.3) is 45.6 Å². The minimum Gasteiger partial charge on any atom is -0.507 e. The van der Waals surface area contributed by atoms with Gasteiger partial charge in [0.2, 0.25) is 0 Å². The van der Waals surface area contributed by atoms with Crippen LogP contribution in [0.15, 0.2) is 91.3 Å². The van der Waals surface area contributed by atoms with E-state index in [1.54, 1.807) is 60.9 Å². The normalized spacial score (nSPS) is 10.8. The first-order chi connectivity index (χ1) is 15.7. The highest BCUT2D eigenvalue weighted by Crippen LogP contribution is 2.32. The molecule has 0 aliphatic rings. The Hall–Kier alpha value is -4.65. The first-order valence-electron chi connectivity index (χ1n) is 9.90. The van der Waals surface area contributed by atoms with Crippen molar-refractivity contribution in [1.29, 1.82) is 0 Å². The second-order valence-electron chi connectivity index (χ2n) is 6.98. The summed E-state index contributed by atoms with van der Waals surface area (Å²) >= 11 is 0. The minimum atomic E-state index is 0.105. The van der Waals surface area contributed by atoms with E-state index < -0.39 is 0 Å². The topological polar surface area (TPSA) is 105 Å². The Labute approximate surface area is 183 Å². The number of aromatic hydroxyl groups is 2. The fourth-order valence-corrected chi connectivity index (χ4v) is 3.33. The van der Waals surface area contributed by atoms with Crippen molar-refractivity contribution in [2.75, 3.05) is 0 Å². The first kappa shape index (κ1) is 19.3. The van der Waals surface area contributed by atoms with Crippen molar-refractivity contribution in [2.45, 2.75) is 0 Å². The molecule has 3 heterocycles. The Morgan fingerprint density at radius 1 is 0.469 bits per heavy atom. The summed E-state index contributed by atoms with van der Waals surface area (Å²) in [6, 6.07) is 22.9. The molecule has 154 valence electrons. The average molecular weight is 419 g/mol. The second kappa shape index (κ2) is 8.23. The van der Waals surface area contributed by atoms with E-state index in [1.807, 2.05) is 30.3 Å². The summed E-state index contributed by atoms with van der Waals surface area (Å²) in [5.41, 5.74) is 3.44. The predicted octanol–water partition coefficient (Wildman–Crippen LogP) is 4.74. The molecule has 5 rings (SSSR count). The number of hydrogen-bond acceptors (Lipinski definition) is 7. The molecule has 3 aromatic heterocycles. The van der Waals surface area contributed by atoms with Crippen LogP contribution in [-0.4, -0.2) is 35.1 Å². The average Bonchev–Trinajstić information content (AvgIpc) is 2.85. The molecular formula is C25H17N5O2. The zero-order valence-electron chi connectivity index (χ0n) is 16.8. The van der Waals surface area contributed by atoms with Gasteiger partial charge in [-0.25, -0.2) is 19.9 Å². The Morgan fingerprint density at radius 2 is 1.09 bits per heavy atom. The van der Waals surface area contributed by atoms with E-state index in [-0.39, 0.29) is 17.3 Å². The number of phenolic OH excluding ortho intramolecular Hbond substituents is 2. The lowest BCUT2D eigenvalue weighted by Crippen LogP contribution is -2.00. The van der Waals surface area contributed by atoms with Crippen molar-refractivity contribution < 1.29 is 10.2 Å². The molecule has 0 unspecified atom stereocenters. The van der Waals surface area contributed by atoms with E-state index >= 15 is 0 Å². The summed E-state index contributed by atoms with van der Waals surface area (Å²) in [6.07, 6.45) is 3.28. The Morgan fingerprint density at radius 3 is 1.78 bits per heavy atom. The van der Waals surface area contributed by atoms with Crippen molar-refractivity contribution in [2.24, 2.45) is 0 Å². The van der Waals surface area contributed by atoms with Crippen molar-refractivity contribution in [3.05, 3.63) is 91.3 Å². The predicted molar refractivity (Wildman–Crippen MR) is 120 cm³/mol. The molecule has 0 aliphatic heterocycles. The van der Waals surface area contributed by atoms with Gasteiger partial charge in [0.05, 0.1) is 22.8 Å². The van der Waals surface area contributed by atoms with Crippen LogP contribution in [0.3, 0.4) is 0 Å². The summed E-state index contributed by atoms with van der Waals surface area (Å²) in [6.45, 7) is 0. The zero-order chi connectivity index (χ0) is 21.9. The molecule has 2 aromatic carbocycles. The molecule has 0 radical (unpaired) electrons. The van der Waals surface area contributed by atoms with Gasteiger partial charge in [-0.1, -0.05) is 30.3 Å². The van der Waals surface area contributed by atoms with Gasteiger partial charge in [-0.2, -0.15) is 0 Å². The third kappa shape index (κ3) is 3.75. The monoisotopic (exact) mass is 419 g/mol. The SMILES string of the molecule is Oc1ccccc1-c1ccnc(-c2nc(-c3ccccn3)cc(-c3ccccc3O)n2)n1. The van der Waals surface area contributed by atoms with Crippen LogP contribution in [0.4, 0.5) is 0 Å². The van der Waals surface area contributed by atoms with Gasteiger partial charge in [-0.3, -0.25) is 4.98 Å². The van der Waals surface area contributed by atoms with Crippen LogP contribution in [0, 0.1) is 0 Å². The maximum atomic E-state index is 10.4. The first-order valence-corrected chi connectivity index (χ1v) is 9.90. The molecule has 5 aromatic rings. The van der Waals surface area contributed by atoms with Gasteiger partial charge in [-0.15, -0.1) is 0 Å². The summed E-state index contributed by atoms with van der Waals surface area (Å²) in [5, 5.41) is 20.6. The van der Waals surface area contributed by atoms with E-state index in [4.69, 9.17) is 0 Å². The number of phenols is 2. The van der Waals surface area contributed by atoms with Gasteiger partial charge in [0.1, 0.15) is 11.5 Å². The summed E-state index contributed by atoms with van der Waals surface area (Å²) in [7, 11) is 0. The van der Waals surface area contributed by atoms with Gasteiger partial charge < -0.3 is 10.2 Å². The number of rotatable bonds is 4. The summed E-state index contributed by atoms with van der Waals surface area (Å²) < 4.78 is 0. The largest absolute Gasteiger partial charge is 0.507 e. The molecular weight excluding hydrogens is 402 g/mol. The summed E-state index contributed by atoms with van der Waals surface area (Å²) in [5.74, 6) is 0.798. The molecule has 0 fully saturated rings. The third-order valence-electron chi connectivity index (χ3n) is 4.87. The Bertz CT molecular complexity index is 1410. The Balaban J connectivity index is 1.69. The lowest BCUT2D eigenvalue weighted by Gasteiger charge is -2.10. The van der Waals surface area contributed by atoms with E-state index in [0.717, 1.165) is 0 Å². The number of benzene rings is 2. The second-order valence-corrected chi connectivity index (χ2v) is 6.98. The zero-order valence-corrected chi connectivity index (χ0v) is 16.8. The maximum Gasteiger partial charge on any atom is 0.198 e. The molecule has 0 aliphatic carbocycles. The van der Waals surface area contributed by atoms with Crippen LogP contribution in [0.1, 0.15) is 0 Å². The third-order valence-corrected chi connectivity index (χ3v) is 4.87. The highest BCUT2D eigenvalue weighted by molar-refractivity contribution is 5.73. The fraction of sp³-hybridized carbons (Fsp3) is 0.